The maximum absolute atomic E-state index is 3.32. The zero-order chi connectivity index (χ0) is 13.9. The summed E-state index contributed by atoms with van der Waals surface area (Å²) in [6.45, 7) is 15.5. The number of hydrogen-bond donors (Lipinski definition) is 0. The molecule has 1 aromatic carbocycles. The van der Waals surface area contributed by atoms with Crippen LogP contribution in [-0.4, -0.2) is 0 Å². The molecule has 0 spiro atoms. The minimum atomic E-state index is 0.525. The number of rotatable bonds is 3. The van der Waals surface area contributed by atoms with Gasteiger partial charge in [0.1, 0.15) is 0 Å². The molecule has 0 saturated carbocycles. The fourth-order valence-electron chi connectivity index (χ4n) is 2.23. The van der Waals surface area contributed by atoms with Gasteiger partial charge < -0.3 is 0 Å². The van der Waals surface area contributed by atoms with Crippen molar-refractivity contribution in [3.05, 3.63) is 34.4 Å². The van der Waals surface area contributed by atoms with Crippen molar-refractivity contribution < 1.29 is 0 Å². The van der Waals surface area contributed by atoms with Crippen molar-refractivity contribution in [3.63, 3.8) is 0 Å². The summed E-state index contributed by atoms with van der Waals surface area (Å²) in [4.78, 5) is 0. The third-order valence-corrected chi connectivity index (χ3v) is 3.38. The van der Waals surface area contributed by atoms with Crippen LogP contribution in [0.25, 0.3) is 0 Å². The molecule has 0 aromatic heterocycles. The van der Waals surface area contributed by atoms with Crippen molar-refractivity contribution in [2.45, 2.75) is 66.2 Å². The highest BCUT2D eigenvalue weighted by Crippen LogP contribution is 2.31. The van der Waals surface area contributed by atoms with Gasteiger partial charge in [-0.25, -0.2) is 0 Å². The maximum atomic E-state index is 3.32. The quantitative estimate of drug-likeness (QED) is 0.620. The first-order chi connectivity index (χ1) is 8.38. The smallest absolute Gasteiger partial charge is 0.0314 e. The molecule has 0 unspecified atom stereocenters. The van der Waals surface area contributed by atoms with Gasteiger partial charge in [-0.2, -0.15) is 0 Å². The maximum Gasteiger partial charge on any atom is 0.0314 e. The van der Waals surface area contributed by atoms with Gasteiger partial charge in [-0.15, -0.1) is 5.92 Å². The molecule has 0 aliphatic carbocycles. The van der Waals surface area contributed by atoms with Crippen LogP contribution in [0.3, 0.4) is 0 Å². The molecule has 1 rings (SSSR count). The summed E-state index contributed by atoms with van der Waals surface area (Å²) >= 11 is 0. The van der Waals surface area contributed by atoms with Gasteiger partial charge in [0.25, 0.3) is 0 Å². The summed E-state index contributed by atoms with van der Waals surface area (Å²) in [5.74, 6) is 8.02. The molecule has 0 atom stereocenters. The fraction of sp³-hybridized carbons (Fsp3) is 0.556. The van der Waals surface area contributed by atoms with Crippen LogP contribution in [0.1, 0.15) is 88.5 Å². The van der Waals surface area contributed by atoms with Crippen LogP contribution in [-0.2, 0) is 0 Å². The molecule has 0 bridgehead atoms. The van der Waals surface area contributed by atoms with Gasteiger partial charge in [0.05, 0.1) is 0 Å². The van der Waals surface area contributed by atoms with Gasteiger partial charge in [0.2, 0.25) is 0 Å². The Balaban J connectivity index is 3.58. The Morgan fingerprint density at radius 2 is 1.22 bits per heavy atom. The van der Waals surface area contributed by atoms with Crippen LogP contribution in [0, 0.1) is 11.8 Å². The van der Waals surface area contributed by atoms with Crippen molar-refractivity contribution in [2.75, 3.05) is 0 Å². The summed E-state index contributed by atoms with van der Waals surface area (Å²) in [6.07, 6.45) is 0. The number of hydrogen-bond acceptors (Lipinski definition) is 0. The molecule has 1 aromatic rings. The van der Waals surface area contributed by atoms with Crippen molar-refractivity contribution in [1.82, 2.24) is 0 Å². The first-order valence-electron chi connectivity index (χ1n) is 6.98. The third kappa shape index (κ3) is 3.16. The first-order valence-corrected chi connectivity index (χ1v) is 6.98. The van der Waals surface area contributed by atoms with Crippen LogP contribution >= 0.6 is 0 Å². The van der Waals surface area contributed by atoms with Crippen LogP contribution in [0.5, 0.6) is 0 Å². The fourth-order valence-corrected chi connectivity index (χ4v) is 2.23. The predicted molar refractivity (Wildman–Crippen MR) is 81.3 cm³/mol. The van der Waals surface area contributed by atoms with E-state index in [1.807, 2.05) is 6.92 Å². The van der Waals surface area contributed by atoms with Crippen LogP contribution < -0.4 is 0 Å². The van der Waals surface area contributed by atoms with Crippen LogP contribution in [0.15, 0.2) is 12.1 Å². The van der Waals surface area contributed by atoms with Crippen molar-refractivity contribution in [1.29, 1.82) is 0 Å². The normalized spacial score (nSPS) is 11.0. The van der Waals surface area contributed by atoms with Gasteiger partial charge in [-0.1, -0.05) is 59.6 Å². The Morgan fingerprint density at radius 3 is 1.50 bits per heavy atom. The zero-order valence-corrected chi connectivity index (χ0v) is 12.9. The summed E-state index contributed by atoms with van der Waals surface area (Å²) < 4.78 is 0. The Bertz CT molecular complexity index is 436. The minimum absolute atomic E-state index is 0.525. The second-order valence-electron chi connectivity index (χ2n) is 5.91. The van der Waals surface area contributed by atoms with Crippen molar-refractivity contribution >= 4 is 0 Å². The molecule has 0 heteroatoms. The largest absolute Gasteiger partial charge is 0.101 e. The van der Waals surface area contributed by atoms with E-state index >= 15 is 0 Å². The molecule has 0 aliphatic rings. The van der Waals surface area contributed by atoms with E-state index in [4.69, 9.17) is 0 Å². The SMILES string of the molecule is CC#Cc1c(C(C)C)cc(C(C)C)cc1C(C)C. The average molecular weight is 242 g/mol. The highest BCUT2D eigenvalue weighted by atomic mass is 14.2. The van der Waals surface area contributed by atoms with Gasteiger partial charge >= 0.3 is 0 Å². The Labute approximate surface area is 113 Å². The molecule has 0 aliphatic heterocycles. The second-order valence-corrected chi connectivity index (χ2v) is 5.91. The van der Waals surface area contributed by atoms with E-state index in [2.05, 4.69) is 65.5 Å². The summed E-state index contributed by atoms with van der Waals surface area (Å²) in [6, 6.07) is 4.70. The van der Waals surface area contributed by atoms with Crippen molar-refractivity contribution in [2.24, 2.45) is 0 Å². The summed E-state index contributed by atoms with van der Waals surface area (Å²) in [5, 5.41) is 0. The van der Waals surface area contributed by atoms with E-state index in [0.29, 0.717) is 17.8 Å². The lowest BCUT2D eigenvalue weighted by molar-refractivity contribution is 0.800. The Kier molecular flexibility index (Phi) is 5.03. The molecule has 0 N–H and O–H groups in total. The monoisotopic (exact) mass is 242 g/mol. The lowest BCUT2D eigenvalue weighted by Crippen LogP contribution is -2.04. The van der Waals surface area contributed by atoms with E-state index in [-0.39, 0.29) is 0 Å². The van der Waals surface area contributed by atoms with Gasteiger partial charge in [-0.05, 0) is 41.4 Å². The van der Waals surface area contributed by atoms with E-state index in [0.717, 1.165) is 0 Å². The molecule has 0 saturated heterocycles. The Hall–Kier alpha value is -1.22. The summed E-state index contributed by atoms with van der Waals surface area (Å²) in [5.41, 5.74) is 5.49. The average Bonchev–Trinajstić information content (AvgIpc) is 2.28. The molecule has 0 nitrogen and oxygen atoms in total. The van der Waals surface area contributed by atoms with E-state index in [9.17, 15) is 0 Å². The highest BCUT2D eigenvalue weighted by Gasteiger charge is 2.15. The topological polar surface area (TPSA) is 0 Å². The molecule has 98 valence electrons. The van der Waals surface area contributed by atoms with Gasteiger partial charge in [0.15, 0.2) is 0 Å². The van der Waals surface area contributed by atoms with E-state index < -0.39 is 0 Å². The molecule has 18 heavy (non-hydrogen) atoms. The third-order valence-electron chi connectivity index (χ3n) is 3.38. The van der Waals surface area contributed by atoms with Gasteiger partial charge in [0, 0.05) is 5.56 Å². The first kappa shape index (κ1) is 14.8. The molecule has 0 fully saturated rings. The zero-order valence-electron chi connectivity index (χ0n) is 12.9. The van der Waals surface area contributed by atoms with Crippen LogP contribution in [0.2, 0.25) is 0 Å². The minimum Gasteiger partial charge on any atom is -0.101 e. The van der Waals surface area contributed by atoms with Crippen molar-refractivity contribution in [3.8, 4) is 11.8 Å². The lowest BCUT2D eigenvalue weighted by Gasteiger charge is -2.19. The molecule has 0 amide bonds. The van der Waals surface area contributed by atoms with Gasteiger partial charge in [-0.3, -0.25) is 0 Å². The molecule has 0 heterocycles. The van der Waals surface area contributed by atoms with E-state index in [1.165, 1.54) is 22.3 Å². The second kappa shape index (κ2) is 6.10. The molecular formula is C18H26. The van der Waals surface area contributed by atoms with E-state index in [1.54, 1.807) is 0 Å². The molecule has 0 radical (unpaired) electrons. The highest BCUT2D eigenvalue weighted by molar-refractivity contribution is 5.52. The standard InChI is InChI=1S/C18H26/c1-8-9-16-17(13(4)5)10-15(12(2)3)11-18(16)14(6)7/h10-14H,1-7H3. The Morgan fingerprint density at radius 1 is 0.778 bits per heavy atom. The predicted octanol–water partition coefficient (Wildman–Crippen LogP) is 5.43. The number of benzene rings is 1. The lowest BCUT2D eigenvalue weighted by atomic mass is 9.85. The molecular weight excluding hydrogens is 216 g/mol. The summed E-state index contributed by atoms with van der Waals surface area (Å²) in [7, 11) is 0. The van der Waals surface area contributed by atoms with Crippen LogP contribution in [0.4, 0.5) is 0 Å².